The molecule has 2 amide bonds. The molecule has 0 saturated heterocycles. The van der Waals surface area contributed by atoms with Crippen molar-refractivity contribution in [3.8, 4) is 11.5 Å². The Kier molecular flexibility index (Phi) is 11.0. The monoisotopic (exact) mass is 518 g/mol. The molecule has 11 heteroatoms. The number of amidine groups is 1. The van der Waals surface area contributed by atoms with E-state index in [9.17, 15) is 24.6 Å². The molecule has 0 atom stereocenters. The zero-order valence-electron chi connectivity index (χ0n) is 20.0. The van der Waals surface area contributed by atoms with Gasteiger partial charge in [-0.3, -0.25) is 19.4 Å². The Bertz CT molecular complexity index is 1140. The van der Waals surface area contributed by atoms with E-state index in [1.807, 2.05) is 0 Å². The van der Waals surface area contributed by atoms with Gasteiger partial charge in [-0.15, -0.1) is 0 Å². The van der Waals surface area contributed by atoms with Crippen LogP contribution >= 0.6 is 11.6 Å². The number of anilines is 1. The van der Waals surface area contributed by atoms with Crippen LogP contribution in [0.3, 0.4) is 0 Å². The molecule has 0 fully saturated rings. The van der Waals surface area contributed by atoms with Gasteiger partial charge in [-0.2, -0.15) is 0 Å². The maximum Gasteiger partial charge on any atom is 0.303 e. The number of benzene rings is 2. The van der Waals surface area contributed by atoms with Crippen molar-refractivity contribution in [1.82, 2.24) is 5.32 Å². The third kappa shape index (κ3) is 9.83. The van der Waals surface area contributed by atoms with Crippen molar-refractivity contribution in [3.05, 3.63) is 52.0 Å². The minimum atomic E-state index is -0.887. The van der Waals surface area contributed by atoms with E-state index in [0.717, 1.165) is 38.1 Å². The summed E-state index contributed by atoms with van der Waals surface area (Å²) < 4.78 is 0. The number of nitrogens with zero attached hydrogens (tertiary/aromatic N) is 1. The zero-order valence-corrected chi connectivity index (χ0v) is 20.8. The Morgan fingerprint density at radius 2 is 1.83 bits per heavy atom. The van der Waals surface area contributed by atoms with Crippen molar-refractivity contribution in [3.63, 3.8) is 0 Å². The lowest BCUT2D eigenvalue weighted by Gasteiger charge is -2.11. The molecule has 2 aromatic rings. The molecule has 0 bridgehead atoms. The Hall–Kier alpha value is -3.79. The number of nitrogens with one attached hydrogen (secondary N) is 2. The summed E-state index contributed by atoms with van der Waals surface area (Å²) in [5.74, 6) is -1.03. The van der Waals surface area contributed by atoms with Crippen LogP contribution in [0.1, 0.15) is 53.6 Å². The van der Waals surface area contributed by atoms with E-state index in [2.05, 4.69) is 15.6 Å². The molecule has 0 saturated carbocycles. The molecule has 1 aliphatic rings. The number of carbonyl (C=O) groups excluding carboxylic acids is 2. The van der Waals surface area contributed by atoms with Crippen molar-refractivity contribution < 1.29 is 29.7 Å². The largest absolute Gasteiger partial charge is 0.508 e. The van der Waals surface area contributed by atoms with Gasteiger partial charge in [0.15, 0.2) is 0 Å². The highest BCUT2D eigenvalue weighted by molar-refractivity contribution is 6.30. The van der Waals surface area contributed by atoms with E-state index in [0.29, 0.717) is 28.3 Å². The molecule has 1 heterocycles. The first-order valence-electron chi connectivity index (χ1n) is 11.5. The number of primary amides is 1. The van der Waals surface area contributed by atoms with Gasteiger partial charge in [-0.05, 0) is 61.6 Å². The van der Waals surface area contributed by atoms with Crippen molar-refractivity contribution >= 4 is 40.9 Å². The smallest absolute Gasteiger partial charge is 0.303 e. The average molecular weight is 519 g/mol. The minimum Gasteiger partial charge on any atom is -0.508 e. The molecular formula is C25H31ClN4O6. The SMILES string of the molecule is Cc1cc(Cl)cc(CCC(=O)O)c1O.NC(=O)CNC(=O)c1cc(O)cc(NC2=NCCCCC2)c1. The van der Waals surface area contributed by atoms with Crippen LogP contribution in [0.15, 0.2) is 35.3 Å². The standard InChI is InChI=1S/C15H20N4O3.C10H11ClO3/c16-13(21)9-18-15(22)10-6-11(8-12(20)7-10)19-14-4-2-1-3-5-17-14;1-6-4-8(11)5-7(10(6)14)2-3-9(12)13/h6-8,20H,1-5,9H2,(H2,16,21)(H,17,19)(H,18,22);4-5,14H,2-3H2,1H3,(H,12,13). The van der Waals surface area contributed by atoms with Gasteiger partial charge in [0.1, 0.15) is 17.3 Å². The number of aromatic hydroxyl groups is 2. The number of hydrogen-bond donors (Lipinski definition) is 6. The summed E-state index contributed by atoms with van der Waals surface area (Å²) in [4.78, 5) is 37.4. The molecule has 1 aliphatic heterocycles. The number of hydrogen-bond acceptors (Lipinski definition) is 7. The number of phenolic OH excluding ortho intramolecular Hbond substituents is 2. The second-order valence-electron chi connectivity index (χ2n) is 8.31. The van der Waals surface area contributed by atoms with Crippen LogP contribution in [0.2, 0.25) is 5.02 Å². The van der Waals surface area contributed by atoms with E-state index in [1.54, 1.807) is 25.1 Å². The van der Waals surface area contributed by atoms with Gasteiger partial charge in [0.2, 0.25) is 5.91 Å². The molecule has 36 heavy (non-hydrogen) atoms. The van der Waals surface area contributed by atoms with E-state index >= 15 is 0 Å². The lowest BCUT2D eigenvalue weighted by molar-refractivity contribution is -0.137. The van der Waals surface area contributed by atoms with Crippen molar-refractivity contribution in [2.24, 2.45) is 10.7 Å². The molecule has 10 nitrogen and oxygen atoms in total. The normalized spacial score (nSPS) is 12.9. The maximum atomic E-state index is 11.9. The summed E-state index contributed by atoms with van der Waals surface area (Å²) in [6.45, 7) is 2.27. The van der Waals surface area contributed by atoms with Crippen LogP contribution in [-0.2, 0) is 16.0 Å². The fourth-order valence-corrected chi connectivity index (χ4v) is 3.76. The number of rotatable bonds is 7. The van der Waals surface area contributed by atoms with Crippen molar-refractivity contribution in [2.45, 2.75) is 45.4 Å². The summed E-state index contributed by atoms with van der Waals surface area (Å²) in [5, 5.41) is 33.9. The van der Waals surface area contributed by atoms with Crippen LogP contribution in [0.25, 0.3) is 0 Å². The number of phenols is 2. The fraction of sp³-hybridized carbons (Fsp3) is 0.360. The maximum absolute atomic E-state index is 11.9. The van der Waals surface area contributed by atoms with Crippen LogP contribution in [0.4, 0.5) is 5.69 Å². The fourth-order valence-electron chi connectivity index (χ4n) is 3.46. The number of aliphatic imine (C=N–C) groups is 1. The van der Waals surface area contributed by atoms with Crippen LogP contribution < -0.4 is 16.4 Å². The van der Waals surface area contributed by atoms with Gasteiger partial charge in [-0.1, -0.05) is 18.0 Å². The van der Waals surface area contributed by atoms with E-state index < -0.39 is 17.8 Å². The topological polar surface area (TPSA) is 174 Å². The highest BCUT2D eigenvalue weighted by atomic mass is 35.5. The Morgan fingerprint density at radius 1 is 1.08 bits per heavy atom. The van der Waals surface area contributed by atoms with Gasteiger partial charge in [-0.25, -0.2) is 0 Å². The number of carboxylic acid groups (broad SMARTS) is 1. The number of carbonyl (C=O) groups is 3. The first-order valence-corrected chi connectivity index (χ1v) is 11.8. The predicted molar refractivity (Wildman–Crippen MR) is 138 cm³/mol. The van der Waals surface area contributed by atoms with Gasteiger partial charge in [0.05, 0.1) is 6.54 Å². The molecule has 3 rings (SSSR count). The summed E-state index contributed by atoms with van der Waals surface area (Å²) in [7, 11) is 0. The first kappa shape index (κ1) is 28.4. The van der Waals surface area contributed by atoms with Gasteiger partial charge in [0.25, 0.3) is 5.91 Å². The Morgan fingerprint density at radius 3 is 2.53 bits per heavy atom. The number of aliphatic carboxylic acids is 1. The zero-order chi connectivity index (χ0) is 26.7. The quantitative estimate of drug-likeness (QED) is 0.325. The summed E-state index contributed by atoms with van der Waals surface area (Å²) >= 11 is 5.78. The summed E-state index contributed by atoms with van der Waals surface area (Å²) in [6.07, 6.45) is 4.42. The first-order chi connectivity index (χ1) is 17.0. The molecular weight excluding hydrogens is 488 g/mol. The molecule has 0 radical (unpaired) electrons. The second-order valence-corrected chi connectivity index (χ2v) is 8.74. The minimum absolute atomic E-state index is 0.00660. The third-order valence-corrected chi connectivity index (χ3v) is 5.44. The summed E-state index contributed by atoms with van der Waals surface area (Å²) in [5.41, 5.74) is 7.07. The molecule has 2 aromatic carbocycles. The number of amides is 2. The summed E-state index contributed by atoms with van der Waals surface area (Å²) in [6, 6.07) is 7.69. The van der Waals surface area contributed by atoms with Crippen LogP contribution in [0, 0.1) is 6.92 Å². The molecule has 0 aromatic heterocycles. The molecule has 0 spiro atoms. The number of nitrogens with two attached hydrogens (primary N) is 1. The van der Waals surface area contributed by atoms with E-state index in [1.165, 1.54) is 12.1 Å². The van der Waals surface area contributed by atoms with E-state index in [-0.39, 0.29) is 30.0 Å². The lowest BCUT2D eigenvalue weighted by atomic mass is 10.1. The predicted octanol–water partition coefficient (Wildman–Crippen LogP) is 3.36. The molecule has 7 N–H and O–H groups in total. The molecule has 0 unspecified atom stereocenters. The number of aryl methyl sites for hydroxylation is 2. The average Bonchev–Trinajstić information content (AvgIpc) is 3.07. The van der Waals surface area contributed by atoms with Crippen molar-refractivity contribution in [2.75, 3.05) is 18.4 Å². The van der Waals surface area contributed by atoms with Crippen LogP contribution in [0.5, 0.6) is 11.5 Å². The molecule has 0 aliphatic carbocycles. The second kappa shape index (κ2) is 13.9. The Balaban J connectivity index is 0.000000281. The number of carboxylic acids is 1. The van der Waals surface area contributed by atoms with E-state index in [4.69, 9.17) is 22.4 Å². The Labute approximate surface area is 214 Å². The van der Waals surface area contributed by atoms with Gasteiger partial charge >= 0.3 is 5.97 Å². The number of halogens is 1. The van der Waals surface area contributed by atoms with Gasteiger partial charge < -0.3 is 31.7 Å². The lowest BCUT2D eigenvalue weighted by Crippen LogP contribution is -2.33. The van der Waals surface area contributed by atoms with Crippen LogP contribution in [-0.4, -0.2) is 52.0 Å². The highest BCUT2D eigenvalue weighted by Crippen LogP contribution is 2.27. The van der Waals surface area contributed by atoms with Crippen molar-refractivity contribution in [1.29, 1.82) is 0 Å². The third-order valence-electron chi connectivity index (χ3n) is 5.22. The highest BCUT2D eigenvalue weighted by Gasteiger charge is 2.11. The molecule has 194 valence electrons. The van der Waals surface area contributed by atoms with Gasteiger partial charge in [0, 0.05) is 41.7 Å².